The molecular formula is C24H31FN4O2S. The highest BCUT2D eigenvalue weighted by Gasteiger charge is 2.27. The third kappa shape index (κ3) is 5.47. The zero-order chi connectivity index (χ0) is 22.5. The lowest BCUT2D eigenvalue weighted by atomic mass is 9.89. The number of aryl methyl sites for hydroxylation is 1. The fraction of sp³-hybridized carbons (Fsp3) is 0.542. The molecule has 2 aliphatic heterocycles. The number of benzene rings is 1. The number of carbonyl (C=O) groups is 1. The summed E-state index contributed by atoms with van der Waals surface area (Å²) >= 11 is 1.70. The van der Waals surface area contributed by atoms with Crippen molar-refractivity contribution in [3.8, 4) is 0 Å². The van der Waals surface area contributed by atoms with Crippen LogP contribution in [0.3, 0.4) is 0 Å². The molecule has 1 unspecified atom stereocenters. The largest absolute Gasteiger partial charge is 0.348 e. The zero-order valence-electron chi connectivity index (χ0n) is 18.6. The van der Waals surface area contributed by atoms with E-state index in [4.69, 9.17) is 0 Å². The number of piperidine rings is 1. The number of hydrogen-bond acceptors (Lipinski definition) is 6. The number of unbranched alkanes of at least 4 members (excludes halogenated alkanes) is 1. The van der Waals surface area contributed by atoms with Gasteiger partial charge in [0.25, 0.3) is 0 Å². The van der Waals surface area contributed by atoms with Gasteiger partial charge >= 0.3 is 0 Å². The number of hydrogen-bond donors (Lipinski definition) is 0. The first-order valence-electron chi connectivity index (χ1n) is 11.5. The summed E-state index contributed by atoms with van der Waals surface area (Å²) in [7, 11) is 2.05. The van der Waals surface area contributed by atoms with E-state index in [-0.39, 0.29) is 23.6 Å². The third-order valence-corrected chi connectivity index (χ3v) is 7.63. The number of aromatic nitrogens is 1. The van der Waals surface area contributed by atoms with Crippen LogP contribution in [-0.4, -0.2) is 52.8 Å². The lowest BCUT2D eigenvalue weighted by Crippen LogP contribution is -2.37. The van der Waals surface area contributed by atoms with E-state index >= 15 is 0 Å². The fourth-order valence-electron chi connectivity index (χ4n) is 4.74. The maximum absolute atomic E-state index is 13.1. The fourth-order valence-corrected chi connectivity index (χ4v) is 5.74. The highest BCUT2D eigenvalue weighted by molar-refractivity contribution is 7.97. The molecule has 3 heterocycles. The average molecular weight is 459 g/mol. The Labute approximate surface area is 193 Å². The van der Waals surface area contributed by atoms with E-state index in [0.29, 0.717) is 5.56 Å². The molecular weight excluding hydrogens is 427 g/mol. The molecule has 1 aromatic carbocycles. The van der Waals surface area contributed by atoms with Crippen molar-refractivity contribution in [3.05, 3.63) is 58.5 Å². The lowest BCUT2D eigenvalue weighted by Gasteiger charge is -2.31. The van der Waals surface area contributed by atoms with Crippen molar-refractivity contribution < 1.29 is 9.18 Å². The summed E-state index contributed by atoms with van der Waals surface area (Å²) in [5, 5.41) is 3.40. The molecule has 0 spiro atoms. The molecule has 2 aliphatic rings. The topological polar surface area (TPSA) is 57.9 Å². The van der Waals surface area contributed by atoms with Crippen molar-refractivity contribution in [1.29, 1.82) is 0 Å². The van der Waals surface area contributed by atoms with Gasteiger partial charge in [0.15, 0.2) is 5.78 Å². The van der Waals surface area contributed by atoms with Gasteiger partial charge in [-0.3, -0.25) is 4.79 Å². The molecule has 1 atom stereocenters. The van der Waals surface area contributed by atoms with E-state index in [1.807, 2.05) is 0 Å². The molecule has 6 nitrogen and oxygen atoms in total. The molecule has 0 aliphatic carbocycles. The van der Waals surface area contributed by atoms with Crippen LogP contribution in [-0.2, 0) is 6.54 Å². The summed E-state index contributed by atoms with van der Waals surface area (Å²) in [6.45, 7) is 4.63. The quantitative estimate of drug-likeness (QED) is 0.237. The van der Waals surface area contributed by atoms with E-state index in [9.17, 15) is 14.1 Å². The predicted molar refractivity (Wildman–Crippen MR) is 125 cm³/mol. The molecule has 2 aromatic rings. The number of ketones is 1. The highest BCUT2D eigenvalue weighted by Crippen LogP contribution is 2.37. The molecule has 0 radical (unpaired) electrons. The van der Waals surface area contributed by atoms with Gasteiger partial charge in [0.1, 0.15) is 11.9 Å². The highest BCUT2D eigenvalue weighted by atomic mass is 32.2. The minimum Gasteiger partial charge on any atom is -0.348 e. The van der Waals surface area contributed by atoms with Crippen molar-refractivity contribution in [2.75, 3.05) is 33.2 Å². The van der Waals surface area contributed by atoms with Crippen molar-refractivity contribution in [2.45, 2.75) is 49.6 Å². The van der Waals surface area contributed by atoms with Gasteiger partial charge in [0.05, 0.1) is 5.69 Å². The molecule has 1 fully saturated rings. The van der Waals surface area contributed by atoms with E-state index in [0.717, 1.165) is 75.4 Å². The summed E-state index contributed by atoms with van der Waals surface area (Å²) in [4.78, 5) is 27.6. The molecule has 0 N–H and O–H groups in total. The minimum atomic E-state index is -0.309. The normalized spacial score (nSPS) is 20.6. The van der Waals surface area contributed by atoms with Gasteiger partial charge < -0.3 is 9.47 Å². The molecule has 4 rings (SSSR count). The molecule has 1 saturated heterocycles. The standard InChI is InChI=1S/C24H31FN4O2S/c1-27-14-10-21(26-31)23-22(32-27)11-17-29(23)13-3-2-12-28-15-8-19(9-16-28)24(30)18-4-6-20(25)7-5-18/h4-7,11,17,19,21H,2-3,8-10,12-16H2,1H3. The summed E-state index contributed by atoms with van der Waals surface area (Å²) in [5.74, 6) is -0.133. The number of nitrogens with zero attached hydrogens (tertiary/aromatic N) is 4. The Hall–Kier alpha value is -2.03. The minimum absolute atomic E-state index is 0.0375. The van der Waals surface area contributed by atoms with Gasteiger partial charge in [-0.1, -0.05) is 5.18 Å². The van der Waals surface area contributed by atoms with Gasteiger partial charge in [-0.15, -0.1) is 0 Å². The van der Waals surface area contributed by atoms with Gasteiger partial charge in [-0.05, 0) is 101 Å². The molecule has 32 heavy (non-hydrogen) atoms. The van der Waals surface area contributed by atoms with E-state index in [2.05, 4.69) is 38.3 Å². The van der Waals surface area contributed by atoms with Crippen LogP contribution in [0, 0.1) is 16.6 Å². The lowest BCUT2D eigenvalue weighted by molar-refractivity contribution is 0.0838. The summed E-state index contributed by atoms with van der Waals surface area (Å²) < 4.78 is 17.5. The van der Waals surface area contributed by atoms with Crippen LogP contribution in [0.2, 0.25) is 0 Å². The first-order chi connectivity index (χ1) is 15.5. The number of rotatable bonds is 8. The van der Waals surface area contributed by atoms with Crippen molar-refractivity contribution >= 4 is 17.7 Å². The monoisotopic (exact) mass is 458 g/mol. The number of nitroso groups, excluding NO2 is 1. The Morgan fingerprint density at radius 3 is 2.50 bits per heavy atom. The Balaban J connectivity index is 1.22. The van der Waals surface area contributed by atoms with Crippen LogP contribution in [0.4, 0.5) is 4.39 Å². The van der Waals surface area contributed by atoms with Crippen LogP contribution < -0.4 is 0 Å². The SMILES string of the molecule is CN1CCC(N=O)c2c(ccn2CCCCN2CCC(C(=O)c3ccc(F)cc3)CC2)S1. The molecule has 1 aromatic heterocycles. The number of Topliss-reactive ketones (excluding diaryl/α,β-unsaturated/α-hetero) is 1. The Bertz CT molecular complexity index is 925. The van der Waals surface area contributed by atoms with Gasteiger partial charge in [-0.25, -0.2) is 8.70 Å². The Kier molecular flexibility index (Phi) is 7.75. The Morgan fingerprint density at radius 2 is 1.78 bits per heavy atom. The van der Waals surface area contributed by atoms with E-state index in [1.54, 1.807) is 24.1 Å². The second-order valence-electron chi connectivity index (χ2n) is 8.81. The maximum atomic E-state index is 13.1. The summed E-state index contributed by atoms with van der Waals surface area (Å²) in [5.41, 5.74) is 1.68. The van der Waals surface area contributed by atoms with Crippen molar-refractivity contribution in [3.63, 3.8) is 0 Å². The number of halogens is 1. The van der Waals surface area contributed by atoms with Crippen LogP contribution in [0.15, 0.2) is 46.6 Å². The predicted octanol–water partition coefficient (Wildman–Crippen LogP) is 5.15. The molecule has 8 heteroatoms. The average Bonchev–Trinajstić information content (AvgIpc) is 3.11. The summed E-state index contributed by atoms with van der Waals surface area (Å²) in [6, 6.07) is 7.73. The van der Waals surface area contributed by atoms with Gasteiger partial charge in [0, 0.05) is 35.7 Å². The second-order valence-corrected chi connectivity index (χ2v) is 10.1. The summed E-state index contributed by atoms with van der Waals surface area (Å²) in [6.07, 6.45) is 6.69. The molecule has 0 amide bonds. The maximum Gasteiger partial charge on any atom is 0.166 e. The molecule has 0 bridgehead atoms. The van der Waals surface area contributed by atoms with Crippen LogP contribution in [0.5, 0.6) is 0 Å². The number of fused-ring (bicyclic) bond motifs is 1. The first-order valence-corrected chi connectivity index (χ1v) is 12.2. The first kappa shape index (κ1) is 23.1. The smallest absolute Gasteiger partial charge is 0.166 e. The van der Waals surface area contributed by atoms with Crippen LogP contribution >= 0.6 is 11.9 Å². The van der Waals surface area contributed by atoms with E-state index in [1.165, 1.54) is 12.1 Å². The van der Waals surface area contributed by atoms with Gasteiger partial charge in [-0.2, -0.15) is 4.91 Å². The Morgan fingerprint density at radius 1 is 1.06 bits per heavy atom. The second kappa shape index (κ2) is 10.7. The zero-order valence-corrected chi connectivity index (χ0v) is 19.4. The van der Waals surface area contributed by atoms with Crippen molar-refractivity contribution in [1.82, 2.24) is 13.8 Å². The van der Waals surface area contributed by atoms with Crippen LogP contribution in [0.1, 0.15) is 54.2 Å². The molecule has 172 valence electrons. The third-order valence-electron chi connectivity index (χ3n) is 6.59. The van der Waals surface area contributed by atoms with Gasteiger partial charge in [0.2, 0.25) is 0 Å². The number of likely N-dealkylation sites (tertiary alicyclic amines) is 1. The van der Waals surface area contributed by atoms with Crippen molar-refractivity contribution in [2.24, 2.45) is 11.1 Å². The number of carbonyl (C=O) groups excluding carboxylic acids is 1. The van der Waals surface area contributed by atoms with E-state index < -0.39 is 0 Å². The molecule has 0 saturated carbocycles. The van der Waals surface area contributed by atoms with Crippen LogP contribution in [0.25, 0.3) is 0 Å².